The average molecular weight is 152 g/mol. The second-order valence-corrected chi connectivity index (χ2v) is 4.33. The van der Waals surface area contributed by atoms with Gasteiger partial charge in [0.2, 0.25) is 0 Å². The van der Waals surface area contributed by atoms with Crippen LogP contribution in [0.2, 0.25) is 0 Å². The molecule has 54 valence electrons. The molecule has 1 heteroatoms. The Morgan fingerprint density at radius 2 is 2.10 bits per heavy atom. The Kier molecular flexibility index (Phi) is 1.61. The highest BCUT2D eigenvalue weighted by atomic mass is 32.2. The standard InChI is InChI=1S/C9H12S/c1-7-6-10-9-5-3-2-4-8(7)9/h2-5,7-9H,6H2,1H3. The van der Waals surface area contributed by atoms with E-state index >= 15 is 0 Å². The highest BCUT2D eigenvalue weighted by Gasteiger charge is 2.30. The van der Waals surface area contributed by atoms with Gasteiger partial charge in [-0.2, -0.15) is 11.8 Å². The lowest BCUT2D eigenvalue weighted by molar-refractivity contribution is 0.510. The van der Waals surface area contributed by atoms with Crippen LogP contribution in [0.15, 0.2) is 24.3 Å². The zero-order valence-corrected chi connectivity index (χ0v) is 6.97. The molecule has 10 heavy (non-hydrogen) atoms. The highest BCUT2D eigenvalue weighted by Crippen LogP contribution is 2.39. The molecule has 0 saturated carbocycles. The molecule has 0 nitrogen and oxygen atoms in total. The maximum atomic E-state index is 2.36. The zero-order valence-electron chi connectivity index (χ0n) is 6.16. The largest absolute Gasteiger partial charge is 0.153 e. The lowest BCUT2D eigenvalue weighted by Crippen LogP contribution is -2.14. The van der Waals surface area contributed by atoms with Crippen molar-refractivity contribution in [3.8, 4) is 0 Å². The number of rotatable bonds is 0. The number of allylic oxidation sites excluding steroid dienone is 3. The summed E-state index contributed by atoms with van der Waals surface area (Å²) in [6, 6.07) is 0. The molecule has 0 radical (unpaired) electrons. The fraction of sp³-hybridized carbons (Fsp3) is 0.556. The fourth-order valence-electron chi connectivity index (χ4n) is 1.66. The third kappa shape index (κ3) is 0.929. The lowest BCUT2D eigenvalue weighted by Gasteiger charge is -2.16. The minimum absolute atomic E-state index is 0.792. The van der Waals surface area contributed by atoms with Gasteiger partial charge < -0.3 is 0 Å². The molecule has 0 spiro atoms. The molecule has 3 unspecified atom stereocenters. The van der Waals surface area contributed by atoms with Crippen LogP contribution < -0.4 is 0 Å². The minimum Gasteiger partial charge on any atom is -0.153 e. The molecule has 0 aromatic heterocycles. The fourth-order valence-corrected chi connectivity index (χ4v) is 3.19. The molecule has 3 atom stereocenters. The molecule has 1 heterocycles. The SMILES string of the molecule is CC1CSC2C=CC=CC12. The van der Waals surface area contributed by atoms with Crippen molar-refractivity contribution in [3.63, 3.8) is 0 Å². The molecule has 2 aliphatic rings. The summed E-state index contributed by atoms with van der Waals surface area (Å²) in [5.41, 5.74) is 0. The van der Waals surface area contributed by atoms with Gasteiger partial charge in [-0.25, -0.2) is 0 Å². The van der Waals surface area contributed by atoms with Crippen molar-refractivity contribution in [2.45, 2.75) is 12.2 Å². The quantitative estimate of drug-likeness (QED) is 0.514. The van der Waals surface area contributed by atoms with Crippen molar-refractivity contribution in [2.75, 3.05) is 5.75 Å². The Morgan fingerprint density at radius 3 is 2.90 bits per heavy atom. The van der Waals surface area contributed by atoms with Crippen molar-refractivity contribution in [1.82, 2.24) is 0 Å². The van der Waals surface area contributed by atoms with Crippen LogP contribution in [0.1, 0.15) is 6.92 Å². The van der Waals surface area contributed by atoms with Gasteiger partial charge in [0.1, 0.15) is 0 Å². The van der Waals surface area contributed by atoms with Crippen LogP contribution in [0.25, 0.3) is 0 Å². The summed E-state index contributed by atoms with van der Waals surface area (Å²) < 4.78 is 0. The van der Waals surface area contributed by atoms with E-state index < -0.39 is 0 Å². The summed E-state index contributed by atoms with van der Waals surface area (Å²) in [5, 5.41) is 0.792. The summed E-state index contributed by atoms with van der Waals surface area (Å²) in [7, 11) is 0. The predicted molar refractivity (Wildman–Crippen MR) is 47.2 cm³/mol. The third-order valence-electron chi connectivity index (χ3n) is 2.33. The molecular formula is C9H12S. The number of hydrogen-bond acceptors (Lipinski definition) is 1. The van der Waals surface area contributed by atoms with Gasteiger partial charge in [0, 0.05) is 5.25 Å². The first-order valence-corrected chi connectivity index (χ1v) is 4.89. The molecule has 2 rings (SSSR count). The molecule has 0 aromatic rings. The number of hydrogen-bond donors (Lipinski definition) is 0. The van der Waals surface area contributed by atoms with E-state index in [-0.39, 0.29) is 0 Å². The van der Waals surface area contributed by atoms with E-state index in [4.69, 9.17) is 0 Å². The van der Waals surface area contributed by atoms with Crippen LogP contribution in [-0.4, -0.2) is 11.0 Å². The van der Waals surface area contributed by atoms with E-state index in [0.29, 0.717) is 0 Å². The van der Waals surface area contributed by atoms with Crippen molar-refractivity contribution < 1.29 is 0 Å². The van der Waals surface area contributed by atoms with E-state index in [1.807, 2.05) is 0 Å². The van der Waals surface area contributed by atoms with Crippen molar-refractivity contribution in [1.29, 1.82) is 0 Å². The van der Waals surface area contributed by atoms with Gasteiger partial charge in [-0.05, 0) is 17.6 Å². The van der Waals surface area contributed by atoms with Crippen molar-refractivity contribution >= 4 is 11.8 Å². The molecule has 1 aliphatic carbocycles. The second-order valence-electron chi connectivity index (χ2n) is 3.12. The minimum atomic E-state index is 0.792. The van der Waals surface area contributed by atoms with Gasteiger partial charge in [0.05, 0.1) is 0 Å². The first-order chi connectivity index (χ1) is 4.88. The molecule has 0 amide bonds. The van der Waals surface area contributed by atoms with Crippen LogP contribution in [0.4, 0.5) is 0 Å². The van der Waals surface area contributed by atoms with Crippen LogP contribution in [0.5, 0.6) is 0 Å². The molecule has 0 bridgehead atoms. The molecule has 0 aromatic carbocycles. The van der Waals surface area contributed by atoms with E-state index in [9.17, 15) is 0 Å². The molecular weight excluding hydrogens is 140 g/mol. The molecule has 1 aliphatic heterocycles. The van der Waals surface area contributed by atoms with Crippen LogP contribution in [0.3, 0.4) is 0 Å². The summed E-state index contributed by atoms with van der Waals surface area (Å²) in [6.45, 7) is 2.35. The average Bonchev–Trinajstić information content (AvgIpc) is 2.34. The summed E-state index contributed by atoms with van der Waals surface area (Å²) >= 11 is 2.10. The summed E-state index contributed by atoms with van der Waals surface area (Å²) in [5.74, 6) is 3.05. The highest BCUT2D eigenvalue weighted by molar-refractivity contribution is 8.00. The molecule has 1 saturated heterocycles. The molecule has 1 fully saturated rings. The Bertz CT molecular complexity index is 181. The Hall–Kier alpha value is -0.170. The topological polar surface area (TPSA) is 0 Å². The number of fused-ring (bicyclic) bond motifs is 1. The van der Waals surface area contributed by atoms with Gasteiger partial charge in [-0.15, -0.1) is 0 Å². The van der Waals surface area contributed by atoms with E-state index in [2.05, 4.69) is 43.0 Å². The maximum absolute atomic E-state index is 2.36. The summed E-state index contributed by atoms with van der Waals surface area (Å²) in [4.78, 5) is 0. The first-order valence-electron chi connectivity index (χ1n) is 3.84. The van der Waals surface area contributed by atoms with Gasteiger partial charge in [-0.1, -0.05) is 31.2 Å². The number of thioether (sulfide) groups is 1. The van der Waals surface area contributed by atoms with Crippen LogP contribution >= 0.6 is 11.8 Å². The Morgan fingerprint density at radius 1 is 1.30 bits per heavy atom. The Balaban J connectivity index is 2.19. The van der Waals surface area contributed by atoms with E-state index in [0.717, 1.165) is 17.1 Å². The summed E-state index contributed by atoms with van der Waals surface area (Å²) in [6.07, 6.45) is 9.05. The van der Waals surface area contributed by atoms with Crippen molar-refractivity contribution in [3.05, 3.63) is 24.3 Å². The van der Waals surface area contributed by atoms with Crippen molar-refractivity contribution in [2.24, 2.45) is 11.8 Å². The Labute approximate surface area is 66.4 Å². The van der Waals surface area contributed by atoms with E-state index in [1.54, 1.807) is 0 Å². The van der Waals surface area contributed by atoms with Gasteiger partial charge >= 0.3 is 0 Å². The van der Waals surface area contributed by atoms with Crippen LogP contribution in [-0.2, 0) is 0 Å². The van der Waals surface area contributed by atoms with Gasteiger partial charge in [0.15, 0.2) is 0 Å². The lowest BCUT2D eigenvalue weighted by atomic mass is 9.90. The predicted octanol–water partition coefficient (Wildman–Crippen LogP) is 2.48. The van der Waals surface area contributed by atoms with Gasteiger partial charge in [-0.3, -0.25) is 0 Å². The maximum Gasteiger partial charge on any atom is 0.0295 e. The van der Waals surface area contributed by atoms with Gasteiger partial charge in [0.25, 0.3) is 0 Å². The monoisotopic (exact) mass is 152 g/mol. The first kappa shape index (κ1) is 6.53. The van der Waals surface area contributed by atoms with Crippen LogP contribution in [0, 0.1) is 11.8 Å². The smallest absolute Gasteiger partial charge is 0.0295 e. The zero-order chi connectivity index (χ0) is 6.97. The molecule has 0 N–H and O–H groups in total. The normalized spacial score (nSPS) is 43.9. The third-order valence-corrected chi connectivity index (χ3v) is 3.91. The second kappa shape index (κ2) is 2.46. The van der Waals surface area contributed by atoms with E-state index in [1.165, 1.54) is 5.75 Å².